The molecule has 0 radical (unpaired) electrons. The van der Waals surface area contributed by atoms with Crippen molar-refractivity contribution in [3.63, 3.8) is 0 Å². The molecule has 1 N–H and O–H groups in total. The number of hydrogen-bond donors (Lipinski definition) is 1. The molecule has 2 aromatic carbocycles. The van der Waals surface area contributed by atoms with Crippen LogP contribution in [0.15, 0.2) is 48.5 Å². The fraction of sp³-hybridized carbons (Fsp3) is 0.435. The van der Waals surface area contributed by atoms with Gasteiger partial charge in [0.15, 0.2) is 0 Å². The van der Waals surface area contributed by atoms with Crippen LogP contribution >= 0.6 is 0 Å². The second-order valence-corrected chi connectivity index (χ2v) is 8.29. The Kier molecular flexibility index (Phi) is 5.68. The van der Waals surface area contributed by atoms with Gasteiger partial charge in [0.25, 0.3) is 0 Å². The molecule has 2 saturated heterocycles. The van der Waals surface area contributed by atoms with E-state index in [2.05, 4.69) is 0 Å². The lowest BCUT2D eigenvalue weighted by Crippen LogP contribution is -2.59. The van der Waals surface area contributed by atoms with Crippen molar-refractivity contribution < 1.29 is 32.2 Å². The van der Waals surface area contributed by atoms with Crippen molar-refractivity contribution in [2.24, 2.45) is 0 Å². The summed E-state index contributed by atoms with van der Waals surface area (Å²) in [4.78, 5) is 14.3. The molecule has 2 atom stereocenters. The second-order valence-electron chi connectivity index (χ2n) is 8.29. The zero-order valence-electron chi connectivity index (χ0n) is 16.7. The van der Waals surface area contributed by atoms with Gasteiger partial charge in [-0.3, -0.25) is 0 Å². The molecule has 2 unspecified atom stereocenters. The topological polar surface area (TPSA) is 49.8 Å². The average Bonchev–Trinajstić information content (AvgIpc) is 2.71. The van der Waals surface area contributed by atoms with E-state index in [0.717, 1.165) is 24.1 Å². The average molecular weight is 437 g/mol. The van der Waals surface area contributed by atoms with Gasteiger partial charge in [-0.1, -0.05) is 42.5 Å². The van der Waals surface area contributed by atoms with E-state index in [9.17, 15) is 27.5 Å². The normalized spacial score (nSPS) is 25.9. The lowest BCUT2D eigenvalue weighted by molar-refractivity contribution is -0.147. The summed E-state index contributed by atoms with van der Waals surface area (Å²) < 4.78 is 60.2. The highest BCUT2D eigenvalue weighted by Crippen LogP contribution is 2.48. The fourth-order valence-electron chi connectivity index (χ4n) is 4.94. The molecule has 1 amide bonds. The smallest absolute Gasteiger partial charge is 0.419 e. The van der Waals surface area contributed by atoms with Crippen LogP contribution in [0.5, 0.6) is 0 Å². The summed E-state index contributed by atoms with van der Waals surface area (Å²) in [7, 11) is 0. The number of nitrogens with zero attached hydrogens (tertiary/aromatic N) is 1. The van der Waals surface area contributed by atoms with Gasteiger partial charge < -0.3 is 14.7 Å². The van der Waals surface area contributed by atoms with Crippen LogP contribution in [0.25, 0.3) is 0 Å². The molecule has 0 aromatic heterocycles. The standard InChI is InChI=1S/C23H23F4NO3/c24-19-11-5-10-18(20(19)23(25,26)27)22(30)12-16-8-4-9-17(13-22)28(16)21(29)31-14-15-6-2-1-3-7-15/h1-3,5-7,10-11,16-17,30H,4,8-9,12-14H2. The monoisotopic (exact) mass is 437 g/mol. The third-order valence-corrected chi connectivity index (χ3v) is 6.22. The number of rotatable bonds is 3. The molecular weight excluding hydrogens is 414 g/mol. The fourth-order valence-corrected chi connectivity index (χ4v) is 4.94. The Morgan fingerprint density at radius 1 is 1.06 bits per heavy atom. The number of halogens is 4. The highest BCUT2D eigenvalue weighted by atomic mass is 19.4. The van der Waals surface area contributed by atoms with E-state index in [4.69, 9.17) is 4.74 Å². The van der Waals surface area contributed by atoms with Crippen molar-refractivity contribution in [1.29, 1.82) is 0 Å². The van der Waals surface area contributed by atoms with Crippen molar-refractivity contribution in [1.82, 2.24) is 4.90 Å². The first-order valence-electron chi connectivity index (χ1n) is 10.3. The van der Waals surface area contributed by atoms with Crippen molar-refractivity contribution in [3.8, 4) is 0 Å². The van der Waals surface area contributed by atoms with E-state index in [1.165, 1.54) is 6.07 Å². The van der Waals surface area contributed by atoms with Gasteiger partial charge in [-0.15, -0.1) is 0 Å². The van der Waals surface area contributed by atoms with Crippen molar-refractivity contribution >= 4 is 6.09 Å². The predicted molar refractivity (Wildman–Crippen MR) is 104 cm³/mol. The molecule has 2 aliphatic heterocycles. The minimum atomic E-state index is -4.93. The van der Waals surface area contributed by atoms with Crippen molar-refractivity contribution in [2.75, 3.05) is 0 Å². The Hall–Kier alpha value is -2.61. The first-order valence-corrected chi connectivity index (χ1v) is 10.3. The lowest BCUT2D eigenvalue weighted by Gasteiger charge is -2.51. The van der Waals surface area contributed by atoms with Crippen LogP contribution in [-0.4, -0.2) is 28.2 Å². The number of amides is 1. The number of alkyl halides is 3. The van der Waals surface area contributed by atoms with E-state index in [0.29, 0.717) is 12.8 Å². The summed E-state index contributed by atoms with van der Waals surface area (Å²) in [5, 5.41) is 11.3. The minimum absolute atomic E-state index is 0.0853. The maximum absolute atomic E-state index is 14.1. The Labute approximate surface area is 177 Å². The summed E-state index contributed by atoms with van der Waals surface area (Å²) in [5.74, 6) is -1.41. The summed E-state index contributed by atoms with van der Waals surface area (Å²) in [6.45, 7) is 0.0853. The van der Waals surface area contributed by atoms with Gasteiger partial charge in [-0.2, -0.15) is 13.2 Å². The molecule has 2 heterocycles. The number of fused-ring (bicyclic) bond motifs is 2. The number of hydrogen-bond acceptors (Lipinski definition) is 3. The number of carbonyl (C=O) groups is 1. The number of piperidine rings is 2. The molecule has 0 aliphatic carbocycles. The minimum Gasteiger partial charge on any atom is -0.445 e. The van der Waals surface area contributed by atoms with E-state index < -0.39 is 46.9 Å². The molecule has 2 aliphatic rings. The predicted octanol–water partition coefficient (Wildman–Crippen LogP) is 5.39. The van der Waals surface area contributed by atoms with E-state index in [1.807, 2.05) is 30.3 Å². The third kappa shape index (κ3) is 4.26. The molecule has 4 nitrogen and oxygen atoms in total. The third-order valence-electron chi connectivity index (χ3n) is 6.22. The quantitative estimate of drug-likeness (QED) is 0.656. The summed E-state index contributed by atoms with van der Waals surface area (Å²) in [6, 6.07) is 11.2. The molecule has 8 heteroatoms. The summed E-state index contributed by atoms with van der Waals surface area (Å²) >= 11 is 0. The van der Waals surface area contributed by atoms with Crippen LogP contribution in [0.2, 0.25) is 0 Å². The number of aliphatic hydroxyl groups is 1. The van der Waals surface area contributed by atoms with Gasteiger partial charge in [0.05, 0.1) is 11.2 Å². The number of carbonyl (C=O) groups excluding carboxylic acids is 1. The van der Waals surface area contributed by atoms with Crippen LogP contribution in [0.3, 0.4) is 0 Å². The Bertz CT molecular complexity index is 934. The molecule has 2 bridgehead atoms. The number of ether oxygens (including phenoxy) is 1. The summed E-state index contributed by atoms with van der Waals surface area (Å²) in [6.07, 6.45) is -3.81. The molecule has 4 rings (SSSR count). The van der Waals surface area contributed by atoms with Crippen molar-refractivity contribution in [2.45, 2.75) is 62.6 Å². The maximum Gasteiger partial charge on any atom is 0.419 e. The lowest BCUT2D eigenvalue weighted by atomic mass is 9.71. The molecule has 2 aromatic rings. The van der Waals surface area contributed by atoms with E-state index >= 15 is 0 Å². The molecular formula is C23H23F4NO3. The van der Waals surface area contributed by atoms with Gasteiger partial charge >= 0.3 is 12.3 Å². The van der Waals surface area contributed by atoms with Crippen LogP contribution in [-0.2, 0) is 23.1 Å². The van der Waals surface area contributed by atoms with Gasteiger partial charge in [-0.25, -0.2) is 9.18 Å². The first-order chi connectivity index (χ1) is 14.7. The summed E-state index contributed by atoms with van der Waals surface area (Å²) in [5.41, 5.74) is -2.95. The van der Waals surface area contributed by atoms with Crippen LogP contribution in [0.4, 0.5) is 22.4 Å². The maximum atomic E-state index is 14.1. The van der Waals surface area contributed by atoms with E-state index in [-0.39, 0.29) is 19.4 Å². The van der Waals surface area contributed by atoms with Crippen LogP contribution in [0.1, 0.15) is 48.8 Å². The van der Waals surface area contributed by atoms with Crippen molar-refractivity contribution in [3.05, 3.63) is 71.0 Å². The molecule has 2 fully saturated rings. The molecule has 0 spiro atoms. The zero-order valence-corrected chi connectivity index (χ0v) is 16.7. The SMILES string of the molecule is O=C(OCc1ccccc1)N1C2CCCC1CC(O)(c1cccc(F)c1C(F)(F)F)C2. The first kappa shape index (κ1) is 21.6. The van der Waals surface area contributed by atoms with Crippen LogP contribution in [0, 0.1) is 5.82 Å². The van der Waals surface area contributed by atoms with E-state index in [1.54, 1.807) is 4.90 Å². The Morgan fingerprint density at radius 2 is 1.71 bits per heavy atom. The Balaban J connectivity index is 1.57. The molecule has 31 heavy (non-hydrogen) atoms. The van der Waals surface area contributed by atoms with Crippen LogP contribution < -0.4 is 0 Å². The van der Waals surface area contributed by atoms with Gasteiger partial charge in [0.2, 0.25) is 0 Å². The Morgan fingerprint density at radius 3 is 2.32 bits per heavy atom. The van der Waals surface area contributed by atoms with Gasteiger partial charge in [0.1, 0.15) is 12.4 Å². The van der Waals surface area contributed by atoms with Gasteiger partial charge in [0, 0.05) is 24.9 Å². The number of benzene rings is 2. The van der Waals surface area contributed by atoms with Gasteiger partial charge in [-0.05, 0) is 36.5 Å². The highest BCUT2D eigenvalue weighted by molar-refractivity contribution is 5.69. The largest absolute Gasteiger partial charge is 0.445 e. The zero-order chi connectivity index (χ0) is 22.2. The molecule has 166 valence electrons. The highest BCUT2D eigenvalue weighted by Gasteiger charge is 2.51. The second kappa shape index (κ2) is 8.15. The molecule has 0 saturated carbocycles.